The summed E-state index contributed by atoms with van der Waals surface area (Å²) in [5, 5.41) is 1.15. The van der Waals surface area contributed by atoms with Crippen molar-refractivity contribution in [2.75, 3.05) is 0 Å². The first kappa shape index (κ1) is 11.1. The van der Waals surface area contributed by atoms with Gasteiger partial charge in [-0.15, -0.1) is 0 Å². The second-order valence-electron chi connectivity index (χ2n) is 3.80. The van der Waals surface area contributed by atoms with E-state index in [4.69, 9.17) is 0 Å². The summed E-state index contributed by atoms with van der Waals surface area (Å²) >= 11 is 0. The SMILES string of the molecule is O=S(=O)([O-])c1ccnc2c1ccc1cccnc12. The average Bonchev–Trinajstić information content (AvgIpc) is 2.36. The van der Waals surface area contributed by atoms with Crippen LogP contribution in [-0.2, 0) is 10.1 Å². The van der Waals surface area contributed by atoms with Gasteiger partial charge in [0.05, 0.1) is 15.9 Å². The predicted molar refractivity (Wildman–Crippen MR) is 65.0 cm³/mol. The summed E-state index contributed by atoms with van der Waals surface area (Å²) in [7, 11) is -4.52. The molecule has 0 saturated heterocycles. The van der Waals surface area contributed by atoms with Gasteiger partial charge in [-0.3, -0.25) is 9.97 Å². The molecular weight excluding hydrogens is 252 g/mol. The summed E-state index contributed by atoms with van der Waals surface area (Å²) < 4.78 is 33.5. The van der Waals surface area contributed by atoms with Gasteiger partial charge in [-0.05, 0) is 12.1 Å². The summed E-state index contributed by atoms with van der Waals surface area (Å²) in [6.45, 7) is 0. The fourth-order valence-corrected chi connectivity index (χ4v) is 2.61. The van der Waals surface area contributed by atoms with Gasteiger partial charge in [-0.1, -0.05) is 18.2 Å². The van der Waals surface area contributed by atoms with E-state index in [0.717, 1.165) is 5.39 Å². The smallest absolute Gasteiger partial charge is 0.125 e. The summed E-state index contributed by atoms with van der Waals surface area (Å²) in [6, 6.07) is 8.14. The maximum Gasteiger partial charge on any atom is 0.125 e. The lowest BCUT2D eigenvalue weighted by molar-refractivity contribution is 0.464. The number of hydrogen-bond donors (Lipinski definition) is 0. The summed E-state index contributed by atoms with van der Waals surface area (Å²) in [5.74, 6) is 0. The second kappa shape index (κ2) is 3.72. The Balaban J connectivity index is 2.56. The Labute approximate surface area is 103 Å². The molecule has 0 fully saturated rings. The average molecular weight is 259 g/mol. The van der Waals surface area contributed by atoms with Gasteiger partial charge < -0.3 is 4.55 Å². The molecule has 0 radical (unpaired) electrons. The van der Waals surface area contributed by atoms with Crippen molar-refractivity contribution in [2.24, 2.45) is 0 Å². The van der Waals surface area contributed by atoms with E-state index in [0.29, 0.717) is 16.4 Å². The second-order valence-corrected chi connectivity index (χ2v) is 5.15. The minimum atomic E-state index is -4.52. The lowest BCUT2D eigenvalue weighted by Gasteiger charge is -2.10. The number of pyridine rings is 2. The van der Waals surface area contributed by atoms with E-state index in [-0.39, 0.29) is 4.90 Å². The molecule has 5 nitrogen and oxygen atoms in total. The Kier molecular flexibility index (Phi) is 2.29. The van der Waals surface area contributed by atoms with E-state index in [1.165, 1.54) is 12.3 Å². The van der Waals surface area contributed by atoms with Crippen LogP contribution < -0.4 is 0 Å². The summed E-state index contributed by atoms with van der Waals surface area (Å²) in [6.07, 6.45) is 2.91. The van der Waals surface area contributed by atoms with Gasteiger partial charge >= 0.3 is 0 Å². The van der Waals surface area contributed by atoms with E-state index in [1.807, 2.05) is 6.07 Å². The van der Waals surface area contributed by atoms with Gasteiger partial charge in [0.1, 0.15) is 10.1 Å². The number of rotatable bonds is 1. The highest BCUT2D eigenvalue weighted by Crippen LogP contribution is 2.26. The Morgan fingerprint density at radius 1 is 0.944 bits per heavy atom. The fourth-order valence-electron chi connectivity index (χ4n) is 1.95. The van der Waals surface area contributed by atoms with Crippen LogP contribution in [0.15, 0.2) is 47.6 Å². The zero-order chi connectivity index (χ0) is 12.8. The molecule has 0 aliphatic heterocycles. The maximum atomic E-state index is 11.2. The van der Waals surface area contributed by atoms with Crippen LogP contribution in [0.25, 0.3) is 21.8 Å². The van der Waals surface area contributed by atoms with Crippen molar-refractivity contribution in [3.8, 4) is 0 Å². The van der Waals surface area contributed by atoms with Gasteiger partial charge in [0.15, 0.2) is 0 Å². The third kappa shape index (κ3) is 1.62. The Morgan fingerprint density at radius 3 is 2.50 bits per heavy atom. The van der Waals surface area contributed by atoms with E-state index < -0.39 is 10.1 Å². The Hall–Kier alpha value is -2.05. The van der Waals surface area contributed by atoms with Crippen molar-refractivity contribution in [1.82, 2.24) is 9.97 Å². The molecule has 90 valence electrons. The molecular formula is C12H7N2O3S-. The van der Waals surface area contributed by atoms with Gasteiger partial charge in [-0.2, -0.15) is 0 Å². The van der Waals surface area contributed by atoms with Crippen molar-refractivity contribution < 1.29 is 13.0 Å². The van der Waals surface area contributed by atoms with Crippen LogP contribution in [0.1, 0.15) is 0 Å². The van der Waals surface area contributed by atoms with Crippen molar-refractivity contribution in [3.05, 3.63) is 42.7 Å². The maximum absolute atomic E-state index is 11.2. The monoisotopic (exact) mass is 259 g/mol. The molecule has 6 heteroatoms. The molecule has 0 N–H and O–H groups in total. The topological polar surface area (TPSA) is 83.0 Å². The highest BCUT2D eigenvalue weighted by molar-refractivity contribution is 7.86. The third-order valence-electron chi connectivity index (χ3n) is 2.71. The summed E-state index contributed by atoms with van der Waals surface area (Å²) in [4.78, 5) is 8.03. The number of nitrogens with zero attached hydrogens (tertiary/aromatic N) is 2. The molecule has 3 aromatic rings. The minimum Gasteiger partial charge on any atom is -0.744 e. The van der Waals surface area contributed by atoms with Gasteiger partial charge in [0.25, 0.3) is 0 Å². The molecule has 0 amide bonds. The Morgan fingerprint density at radius 2 is 1.72 bits per heavy atom. The molecule has 0 atom stereocenters. The molecule has 1 aromatic carbocycles. The third-order valence-corrected chi connectivity index (χ3v) is 3.61. The molecule has 0 spiro atoms. The van der Waals surface area contributed by atoms with E-state index >= 15 is 0 Å². The zero-order valence-corrected chi connectivity index (χ0v) is 9.89. The number of aromatic nitrogens is 2. The number of benzene rings is 1. The van der Waals surface area contributed by atoms with E-state index in [9.17, 15) is 13.0 Å². The van der Waals surface area contributed by atoms with Crippen LogP contribution >= 0.6 is 0 Å². The highest BCUT2D eigenvalue weighted by Gasteiger charge is 2.10. The number of fused-ring (bicyclic) bond motifs is 3. The first-order valence-electron chi connectivity index (χ1n) is 5.16. The zero-order valence-electron chi connectivity index (χ0n) is 9.07. The first-order chi connectivity index (χ1) is 8.57. The van der Waals surface area contributed by atoms with Gasteiger partial charge in [0.2, 0.25) is 0 Å². The van der Waals surface area contributed by atoms with E-state index in [1.54, 1.807) is 24.4 Å². The number of hydrogen-bond acceptors (Lipinski definition) is 5. The quantitative estimate of drug-likeness (QED) is 0.490. The Bertz CT molecular complexity index is 859. The van der Waals surface area contributed by atoms with Crippen LogP contribution in [0.4, 0.5) is 0 Å². The lowest BCUT2D eigenvalue weighted by Crippen LogP contribution is -2.00. The molecule has 0 aliphatic carbocycles. The lowest BCUT2D eigenvalue weighted by atomic mass is 10.1. The fraction of sp³-hybridized carbons (Fsp3) is 0. The standard InChI is InChI=1S/C12H8N2O3S/c15-18(16,17)10-5-7-14-12-9(10)4-3-8-2-1-6-13-11(8)12/h1-7H,(H,15,16,17)/p-1. The largest absolute Gasteiger partial charge is 0.744 e. The van der Waals surface area contributed by atoms with Crippen molar-refractivity contribution >= 4 is 31.9 Å². The molecule has 0 saturated carbocycles. The van der Waals surface area contributed by atoms with Gasteiger partial charge in [0, 0.05) is 23.2 Å². The molecule has 0 aliphatic rings. The van der Waals surface area contributed by atoms with Crippen molar-refractivity contribution in [1.29, 1.82) is 0 Å². The normalized spacial score (nSPS) is 12.1. The van der Waals surface area contributed by atoms with Crippen LogP contribution in [0.2, 0.25) is 0 Å². The van der Waals surface area contributed by atoms with Crippen LogP contribution in [-0.4, -0.2) is 22.9 Å². The molecule has 2 heterocycles. The first-order valence-corrected chi connectivity index (χ1v) is 6.56. The van der Waals surface area contributed by atoms with Gasteiger partial charge in [-0.25, -0.2) is 8.42 Å². The highest BCUT2D eigenvalue weighted by atomic mass is 32.2. The molecule has 0 bridgehead atoms. The minimum absolute atomic E-state index is 0.264. The predicted octanol–water partition coefficient (Wildman–Crippen LogP) is 1.69. The molecule has 3 rings (SSSR count). The van der Waals surface area contributed by atoms with Crippen molar-refractivity contribution in [2.45, 2.75) is 4.90 Å². The van der Waals surface area contributed by atoms with E-state index in [2.05, 4.69) is 9.97 Å². The van der Waals surface area contributed by atoms with Crippen molar-refractivity contribution in [3.63, 3.8) is 0 Å². The molecule has 18 heavy (non-hydrogen) atoms. The van der Waals surface area contributed by atoms with Crippen LogP contribution in [0.3, 0.4) is 0 Å². The summed E-state index contributed by atoms with van der Waals surface area (Å²) in [5.41, 5.74) is 1.01. The molecule has 0 unspecified atom stereocenters. The van der Waals surface area contributed by atoms with Crippen LogP contribution in [0.5, 0.6) is 0 Å². The van der Waals surface area contributed by atoms with Crippen LogP contribution in [0, 0.1) is 0 Å². The molecule has 2 aromatic heterocycles.